The monoisotopic (exact) mass is 389 g/mol. The van der Waals surface area contributed by atoms with Crippen LogP contribution in [0.5, 0.6) is 5.75 Å². The Morgan fingerprint density at radius 2 is 1.78 bits per heavy atom. The summed E-state index contributed by atoms with van der Waals surface area (Å²) < 4.78 is 0. The largest absolute Gasteiger partial charge is 0.508 e. The number of amides is 1. The molecule has 2 atom stereocenters. The van der Waals surface area contributed by atoms with E-state index in [0.29, 0.717) is 10.9 Å². The van der Waals surface area contributed by atoms with E-state index in [1.807, 2.05) is 0 Å². The van der Waals surface area contributed by atoms with Crippen molar-refractivity contribution in [2.75, 3.05) is 0 Å². The molecule has 2 rings (SSSR count). The Hall–Kier alpha value is -3.19. The molecule has 13 N–H and O–H groups in total. The zero-order chi connectivity index (χ0) is 17.9. The number of H-pyrrole nitrogens is 1. The number of carboxylic acid groups (broad SMARTS) is 2. The van der Waals surface area contributed by atoms with Crippen LogP contribution in [-0.4, -0.2) is 66.7 Å². The molecule has 1 aromatic heterocycles. The summed E-state index contributed by atoms with van der Waals surface area (Å²) in [5.41, 5.74) is 7.22. The van der Waals surface area contributed by atoms with Gasteiger partial charge in [0.1, 0.15) is 11.8 Å². The van der Waals surface area contributed by atoms with E-state index >= 15 is 0 Å². The fourth-order valence-electron chi connectivity index (χ4n) is 2.32. The molecule has 12 nitrogen and oxygen atoms in total. The molecule has 1 heterocycles. The van der Waals surface area contributed by atoms with Crippen molar-refractivity contribution in [3.05, 3.63) is 30.0 Å². The highest BCUT2D eigenvalue weighted by atomic mass is 16.4. The van der Waals surface area contributed by atoms with Crippen molar-refractivity contribution in [3.63, 3.8) is 0 Å². The molecule has 2 aromatic rings. The first kappa shape index (κ1) is 26.0. The number of fused-ring (bicyclic) bond motifs is 1. The van der Waals surface area contributed by atoms with Crippen molar-refractivity contribution in [3.8, 4) is 5.75 Å². The van der Waals surface area contributed by atoms with Gasteiger partial charge in [-0.25, -0.2) is 4.79 Å². The number of nitrogens with two attached hydrogens (primary N) is 1. The van der Waals surface area contributed by atoms with Gasteiger partial charge < -0.3 is 47.8 Å². The number of hydrogen-bond acceptors (Lipinski definition) is 5. The maximum Gasteiger partial charge on any atom is 0.326 e. The number of nitrogens with one attached hydrogen (secondary N) is 2. The van der Waals surface area contributed by atoms with E-state index in [4.69, 9.17) is 15.9 Å². The van der Waals surface area contributed by atoms with Crippen LogP contribution in [-0.2, 0) is 20.8 Å². The number of benzene rings is 1. The lowest BCUT2D eigenvalue weighted by molar-refractivity contribution is -0.147. The quantitative estimate of drug-likeness (QED) is 0.291. The Morgan fingerprint density at radius 1 is 1.15 bits per heavy atom. The number of phenols is 1. The minimum absolute atomic E-state index is 0. The fraction of sp³-hybridized carbons (Fsp3) is 0.267. The molecule has 0 aliphatic carbocycles. The molecule has 152 valence electrons. The van der Waals surface area contributed by atoms with Crippen LogP contribution in [0.1, 0.15) is 12.0 Å². The molecule has 0 unspecified atom stereocenters. The lowest BCUT2D eigenvalue weighted by atomic mass is 10.0. The van der Waals surface area contributed by atoms with E-state index in [9.17, 15) is 19.5 Å². The van der Waals surface area contributed by atoms with Crippen LogP contribution in [0.15, 0.2) is 24.4 Å². The van der Waals surface area contributed by atoms with Gasteiger partial charge >= 0.3 is 11.9 Å². The molecule has 27 heavy (non-hydrogen) atoms. The number of aromatic nitrogens is 1. The van der Waals surface area contributed by atoms with Crippen molar-refractivity contribution < 1.29 is 46.1 Å². The number of phenolic OH excluding ortho intramolecular Hbond substituents is 1. The highest BCUT2D eigenvalue weighted by Gasteiger charge is 2.26. The molecule has 0 aliphatic rings. The van der Waals surface area contributed by atoms with Gasteiger partial charge in [-0.05, 0) is 30.2 Å². The van der Waals surface area contributed by atoms with E-state index < -0.39 is 36.4 Å². The SMILES string of the molecule is N[C@@H](Cc1c[nH]c2ccc(O)cc12)C(=O)N[C@@H](CC(=O)O)C(=O)O.O.O.O. The smallest absolute Gasteiger partial charge is 0.326 e. The van der Waals surface area contributed by atoms with Gasteiger partial charge in [-0.15, -0.1) is 0 Å². The van der Waals surface area contributed by atoms with E-state index in [2.05, 4.69) is 10.3 Å². The summed E-state index contributed by atoms with van der Waals surface area (Å²) in [6, 6.07) is 2.09. The maximum atomic E-state index is 12.0. The summed E-state index contributed by atoms with van der Waals surface area (Å²) in [6.45, 7) is 0. The second kappa shape index (κ2) is 10.7. The maximum absolute atomic E-state index is 12.0. The minimum Gasteiger partial charge on any atom is -0.508 e. The second-order valence-corrected chi connectivity index (χ2v) is 5.35. The average Bonchev–Trinajstić information content (AvgIpc) is 2.88. The van der Waals surface area contributed by atoms with Gasteiger partial charge in [0.05, 0.1) is 12.5 Å². The van der Waals surface area contributed by atoms with E-state index in [1.54, 1.807) is 12.3 Å². The van der Waals surface area contributed by atoms with E-state index in [1.165, 1.54) is 12.1 Å². The third-order valence-electron chi connectivity index (χ3n) is 3.52. The molecule has 0 spiro atoms. The van der Waals surface area contributed by atoms with Crippen LogP contribution in [0.25, 0.3) is 10.9 Å². The predicted molar refractivity (Wildman–Crippen MR) is 94.3 cm³/mol. The van der Waals surface area contributed by atoms with Gasteiger partial charge in [-0.1, -0.05) is 0 Å². The molecule has 0 saturated carbocycles. The lowest BCUT2D eigenvalue weighted by Gasteiger charge is -2.16. The van der Waals surface area contributed by atoms with Gasteiger partial charge in [-0.3, -0.25) is 9.59 Å². The predicted octanol–water partition coefficient (Wildman–Crippen LogP) is -2.69. The van der Waals surface area contributed by atoms with Crippen molar-refractivity contribution in [2.24, 2.45) is 5.73 Å². The summed E-state index contributed by atoms with van der Waals surface area (Å²) in [7, 11) is 0. The second-order valence-electron chi connectivity index (χ2n) is 5.35. The van der Waals surface area contributed by atoms with Crippen LogP contribution in [0, 0.1) is 0 Å². The summed E-state index contributed by atoms with van der Waals surface area (Å²) in [6.07, 6.45) is 0.993. The third-order valence-corrected chi connectivity index (χ3v) is 3.52. The highest BCUT2D eigenvalue weighted by Crippen LogP contribution is 2.23. The topological polar surface area (TPSA) is 260 Å². The van der Waals surface area contributed by atoms with Crippen LogP contribution in [0.3, 0.4) is 0 Å². The number of hydrogen-bond donors (Lipinski definition) is 6. The van der Waals surface area contributed by atoms with Crippen molar-refractivity contribution in [1.82, 2.24) is 10.3 Å². The Morgan fingerprint density at radius 3 is 2.33 bits per heavy atom. The van der Waals surface area contributed by atoms with Gasteiger partial charge in [0.2, 0.25) is 5.91 Å². The van der Waals surface area contributed by atoms with Gasteiger partial charge in [0.25, 0.3) is 0 Å². The number of aromatic hydroxyl groups is 1. The lowest BCUT2D eigenvalue weighted by Crippen LogP contribution is -2.49. The number of rotatable bonds is 7. The van der Waals surface area contributed by atoms with Crippen LogP contribution in [0.2, 0.25) is 0 Å². The summed E-state index contributed by atoms with van der Waals surface area (Å²) in [5, 5.41) is 29.9. The normalized spacial score (nSPS) is 11.9. The minimum atomic E-state index is -1.55. The summed E-state index contributed by atoms with van der Waals surface area (Å²) in [5.74, 6) is -3.50. The van der Waals surface area contributed by atoms with Crippen LogP contribution >= 0.6 is 0 Å². The standard InChI is InChI=1S/C15H17N3O6.3H2O/c16-10(14(22)18-12(15(23)24)5-13(20)21)3-7-6-17-11-2-1-8(19)4-9(7)11;;;/h1-2,4,6,10,12,17,19H,3,5,16H2,(H,18,22)(H,20,21)(H,23,24);3*1H2/t10-,12-;;;/m0.../s1. The summed E-state index contributed by atoms with van der Waals surface area (Å²) in [4.78, 5) is 36.6. The van der Waals surface area contributed by atoms with E-state index in [-0.39, 0.29) is 28.6 Å². The number of carbonyl (C=O) groups excluding carboxylic acids is 1. The number of carbonyl (C=O) groups is 3. The first-order chi connectivity index (χ1) is 11.3. The molecule has 0 aliphatic heterocycles. The molecule has 0 radical (unpaired) electrons. The molecule has 1 aromatic carbocycles. The average molecular weight is 389 g/mol. The first-order valence-corrected chi connectivity index (χ1v) is 7.07. The fourth-order valence-corrected chi connectivity index (χ4v) is 2.32. The number of aromatic amines is 1. The molecule has 0 fully saturated rings. The number of carboxylic acids is 2. The van der Waals surface area contributed by atoms with Crippen molar-refractivity contribution >= 4 is 28.7 Å². The van der Waals surface area contributed by atoms with Gasteiger partial charge in [0, 0.05) is 17.1 Å². The molecule has 0 bridgehead atoms. The van der Waals surface area contributed by atoms with Gasteiger partial charge in [-0.2, -0.15) is 0 Å². The van der Waals surface area contributed by atoms with Crippen molar-refractivity contribution in [2.45, 2.75) is 24.9 Å². The summed E-state index contributed by atoms with van der Waals surface area (Å²) >= 11 is 0. The zero-order valence-electron chi connectivity index (χ0n) is 14.0. The number of aliphatic carboxylic acids is 2. The third kappa shape index (κ3) is 6.56. The Kier molecular flexibility index (Phi) is 10.3. The molecule has 12 heteroatoms. The zero-order valence-corrected chi connectivity index (χ0v) is 14.0. The molecular formula is C15H23N3O9. The molecular weight excluding hydrogens is 366 g/mol. The van der Waals surface area contributed by atoms with Gasteiger partial charge in [0.15, 0.2) is 0 Å². The van der Waals surface area contributed by atoms with Crippen LogP contribution < -0.4 is 11.1 Å². The highest BCUT2D eigenvalue weighted by molar-refractivity contribution is 5.90. The Balaban J connectivity index is 0. The van der Waals surface area contributed by atoms with Crippen LogP contribution in [0.4, 0.5) is 0 Å². The molecule has 0 saturated heterocycles. The Bertz CT molecular complexity index is 790. The Labute approximate surface area is 152 Å². The van der Waals surface area contributed by atoms with Crippen molar-refractivity contribution in [1.29, 1.82) is 0 Å². The van der Waals surface area contributed by atoms with E-state index in [0.717, 1.165) is 5.52 Å². The first-order valence-electron chi connectivity index (χ1n) is 7.07. The molecule has 1 amide bonds.